The second kappa shape index (κ2) is 16.1. The Morgan fingerprint density at radius 1 is 0.795 bits per heavy atom. The van der Waals surface area contributed by atoms with Crippen LogP contribution in [0.4, 0.5) is 4.79 Å². The van der Waals surface area contributed by atoms with Crippen LogP contribution < -0.4 is 16.0 Å². The van der Waals surface area contributed by atoms with Crippen molar-refractivity contribution in [3.05, 3.63) is 35.9 Å². The van der Waals surface area contributed by atoms with Gasteiger partial charge in [-0.25, -0.2) is 9.59 Å². The number of rotatable bonds is 14. The van der Waals surface area contributed by atoms with E-state index in [0.29, 0.717) is 19.3 Å². The number of benzene rings is 1. The van der Waals surface area contributed by atoms with Gasteiger partial charge in [0.2, 0.25) is 11.8 Å². The van der Waals surface area contributed by atoms with E-state index in [1.54, 1.807) is 20.8 Å². The van der Waals surface area contributed by atoms with Gasteiger partial charge in [0, 0.05) is 0 Å². The highest BCUT2D eigenvalue weighted by Crippen LogP contribution is 2.14. The minimum absolute atomic E-state index is 0.0792. The van der Waals surface area contributed by atoms with E-state index < -0.39 is 47.6 Å². The smallest absolute Gasteiger partial charge is 0.408 e. The third kappa shape index (κ3) is 13.5. The predicted octanol–water partition coefficient (Wildman–Crippen LogP) is 4.73. The fourth-order valence-corrected chi connectivity index (χ4v) is 3.89. The van der Waals surface area contributed by atoms with Crippen molar-refractivity contribution in [2.24, 2.45) is 17.8 Å². The molecule has 1 rings (SSSR count). The molecule has 9 heteroatoms. The Morgan fingerprint density at radius 3 is 1.85 bits per heavy atom. The number of esters is 1. The monoisotopic (exact) mass is 547 g/mol. The number of alkyl carbamates (subject to hydrolysis) is 1. The first kappa shape index (κ1) is 33.9. The van der Waals surface area contributed by atoms with Gasteiger partial charge < -0.3 is 25.4 Å². The molecule has 0 bridgehead atoms. The minimum Gasteiger partial charge on any atom is -0.459 e. The normalized spacial score (nSPS) is 14.6. The molecule has 1 aromatic rings. The van der Waals surface area contributed by atoms with Gasteiger partial charge in [-0.1, -0.05) is 78.3 Å². The van der Waals surface area contributed by atoms with Crippen molar-refractivity contribution in [1.82, 2.24) is 16.0 Å². The number of hydrogen-bond acceptors (Lipinski definition) is 6. The maximum Gasteiger partial charge on any atom is 0.408 e. The number of ether oxygens (including phenoxy) is 2. The lowest BCUT2D eigenvalue weighted by atomic mass is 9.96. The Balaban J connectivity index is 3.02. The number of amides is 3. The summed E-state index contributed by atoms with van der Waals surface area (Å²) in [6.45, 7) is 16.9. The van der Waals surface area contributed by atoms with Gasteiger partial charge in [-0.15, -0.1) is 0 Å². The number of hydrogen-bond donors (Lipinski definition) is 3. The molecule has 3 amide bonds. The maximum absolute atomic E-state index is 13.4. The zero-order chi connectivity index (χ0) is 29.8. The van der Waals surface area contributed by atoms with Crippen molar-refractivity contribution < 1.29 is 28.7 Å². The number of nitrogens with one attached hydrogen (secondary N) is 3. The van der Waals surface area contributed by atoms with Crippen LogP contribution in [-0.2, 0) is 30.5 Å². The summed E-state index contributed by atoms with van der Waals surface area (Å²) in [6, 6.07) is 6.66. The van der Waals surface area contributed by atoms with Crippen LogP contribution in [0.1, 0.15) is 87.1 Å². The highest BCUT2D eigenvalue weighted by Gasteiger charge is 2.33. The molecule has 0 heterocycles. The van der Waals surface area contributed by atoms with Crippen molar-refractivity contribution in [2.75, 3.05) is 0 Å². The van der Waals surface area contributed by atoms with Crippen LogP contribution in [0.3, 0.4) is 0 Å². The number of carbonyl (C=O) groups is 4. The summed E-state index contributed by atoms with van der Waals surface area (Å²) >= 11 is 0. The molecule has 39 heavy (non-hydrogen) atoms. The Morgan fingerprint density at radius 2 is 1.33 bits per heavy atom. The van der Waals surface area contributed by atoms with Crippen molar-refractivity contribution in [3.63, 3.8) is 0 Å². The van der Waals surface area contributed by atoms with Crippen LogP contribution in [0.2, 0.25) is 0 Å². The number of carbonyl (C=O) groups excluding carboxylic acids is 4. The van der Waals surface area contributed by atoms with Gasteiger partial charge in [-0.3, -0.25) is 9.59 Å². The zero-order valence-corrected chi connectivity index (χ0v) is 25.1. The first-order chi connectivity index (χ1) is 18.1. The quantitative estimate of drug-likeness (QED) is 0.289. The first-order valence-corrected chi connectivity index (χ1v) is 13.9. The van der Waals surface area contributed by atoms with Gasteiger partial charge in [0.1, 0.15) is 30.3 Å². The standard InChI is InChI=1S/C30H49N3O6/c1-10-21(6)25(33-29(37)39-30(7,8)9)27(35)31-23(16-19(2)3)26(34)32-24(17-20(4)5)28(36)38-18-22-14-12-11-13-15-22/h11-15,19-21,23-25H,10,16-18H2,1-9H3,(H,31,35)(H,32,34)(H,33,37)/t21-,23-,24+,25-/m0/s1. The van der Waals surface area contributed by atoms with E-state index in [2.05, 4.69) is 16.0 Å². The van der Waals surface area contributed by atoms with Crippen LogP contribution >= 0.6 is 0 Å². The highest BCUT2D eigenvalue weighted by molar-refractivity contribution is 5.93. The third-order valence-electron chi connectivity index (χ3n) is 6.04. The average Bonchev–Trinajstić information content (AvgIpc) is 2.83. The van der Waals surface area contributed by atoms with Crippen LogP contribution in [0.5, 0.6) is 0 Å². The van der Waals surface area contributed by atoms with Gasteiger partial charge >= 0.3 is 12.1 Å². The van der Waals surface area contributed by atoms with Gasteiger partial charge in [0.05, 0.1) is 0 Å². The minimum atomic E-state index is -0.902. The molecule has 0 saturated carbocycles. The van der Waals surface area contributed by atoms with Crippen LogP contribution in [-0.4, -0.2) is 47.6 Å². The molecule has 0 radical (unpaired) electrons. The summed E-state index contributed by atoms with van der Waals surface area (Å²) in [5, 5.41) is 8.28. The Hall–Kier alpha value is -3.10. The van der Waals surface area contributed by atoms with Crippen molar-refractivity contribution in [3.8, 4) is 0 Å². The molecule has 1 aromatic carbocycles. The topological polar surface area (TPSA) is 123 Å². The molecule has 9 nitrogen and oxygen atoms in total. The fraction of sp³-hybridized carbons (Fsp3) is 0.667. The maximum atomic E-state index is 13.4. The van der Waals surface area contributed by atoms with E-state index in [9.17, 15) is 19.2 Å². The van der Waals surface area contributed by atoms with E-state index in [1.165, 1.54) is 0 Å². The van der Waals surface area contributed by atoms with E-state index in [1.807, 2.05) is 71.9 Å². The molecule has 0 unspecified atom stereocenters. The fourth-order valence-electron chi connectivity index (χ4n) is 3.89. The summed E-state index contributed by atoms with van der Waals surface area (Å²) in [5.74, 6) is -1.50. The lowest BCUT2D eigenvalue weighted by Crippen LogP contribution is -2.57. The second-order valence-corrected chi connectivity index (χ2v) is 12.0. The van der Waals surface area contributed by atoms with Gasteiger partial charge in [0.25, 0.3) is 0 Å². The van der Waals surface area contributed by atoms with E-state index >= 15 is 0 Å². The molecule has 4 atom stereocenters. The molecule has 0 saturated heterocycles. The summed E-state index contributed by atoms with van der Waals surface area (Å²) in [5.41, 5.74) is 0.125. The average molecular weight is 548 g/mol. The first-order valence-electron chi connectivity index (χ1n) is 13.9. The molecular formula is C30H49N3O6. The predicted molar refractivity (Wildman–Crippen MR) is 152 cm³/mol. The molecule has 0 aliphatic rings. The summed E-state index contributed by atoms with van der Waals surface area (Å²) < 4.78 is 10.8. The molecule has 3 N–H and O–H groups in total. The van der Waals surface area contributed by atoms with Gasteiger partial charge in [-0.2, -0.15) is 0 Å². The zero-order valence-electron chi connectivity index (χ0n) is 25.1. The Kier molecular flexibility index (Phi) is 14.0. The van der Waals surface area contributed by atoms with E-state index in [0.717, 1.165) is 5.56 Å². The molecule has 0 aliphatic carbocycles. The highest BCUT2D eigenvalue weighted by atomic mass is 16.6. The Bertz CT molecular complexity index is 926. The molecular weight excluding hydrogens is 498 g/mol. The summed E-state index contributed by atoms with van der Waals surface area (Å²) in [4.78, 5) is 52.1. The van der Waals surface area contributed by atoms with Crippen molar-refractivity contribution >= 4 is 23.9 Å². The van der Waals surface area contributed by atoms with Gasteiger partial charge in [-0.05, 0) is 56.9 Å². The lowest BCUT2D eigenvalue weighted by Gasteiger charge is -2.29. The molecule has 220 valence electrons. The SMILES string of the molecule is CC[C@H](C)[C@H](NC(=O)OC(C)(C)C)C(=O)N[C@@H](CC(C)C)C(=O)N[C@H](CC(C)C)C(=O)OCc1ccccc1. The third-order valence-corrected chi connectivity index (χ3v) is 6.04. The van der Waals surface area contributed by atoms with E-state index in [4.69, 9.17) is 9.47 Å². The molecule has 0 aliphatic heterocycles. The second-order valence-electron chi connectivity index (χ2n) is 12.0. The van der Waals surface area contributed by atoms with E-state index in [-0.39, 0.29) is 24.4 Å². The molecule has 0 spiro atoms. The van der Waals surface area contributed by atoms with Crippen LogP contribution in [0.25, 0.3) is 0 Å². The Labute approximate surface area is 234 Å². The molecule has 0 aromatic heterocycles. The molecule has 0 fully saturated rings. The van der Waals surface area contributed by atoms with Gasteiger partial charge in [0.15, 0.2) is 0 Å². The van der Waals surface area contributed by atoms with Crippen LogP contribution in [0, 0.1) is 17.8 Å². The largest absolute Gasteiger partial charge is 0.459 e. The summed E-state index contributed by atoms with van der Waals surface area (Å²) in [6.07, 6.45) is 0.659. The van der Waals surface area contributed by atoms with Crippen molar-refractivity contribution in [2.45, 2.75) is 112 Å². The lowest BCUT2D eigenvalue weighted by molar-refractivity contribution is -0.150. The summed E-state index contributed by atoms with van der Waals surface area (Å²) in [7, 11) is 0. The van der Waals surface area contributed by atoms with Crippen molar-refractivity contribution in [1.29, 1.82) is 0 Å². The van der Waals surface area contributed by atoms with Crippen LogP contribution in [0.15, 0.2) is 30.3 Å².